The molecular weight excluding hydrogens is 276 g/mol. The van der Waals surface area contributed by atoms with E-state index >= 15 is 0 Å². The Morgan fingerprint density at radius 3 is 2.64 bits per heavy atom. The zero-order chi connectivity index (χ0) is 15.5. The van der Waals surface area contributed by atoms with Crippen molar-refractivity contribution in [2.75, 3.05) is 0 Å². The fourth-order valence-corrected chi connectivity index (χ4v) is 2.62. The minimum atomic E-state index is -0.991. The third kappa shape index (κ3) is 2.69. The van der Waals surface area contributed by atoms with Crippen LogP contribution in [-0.2, 0) is 11.2 Å². The normalized spacial score (nSPS) is 12.2. The van der Waals surface area contributed by atoms with Crippen molar-refractivity contribution in [3.05, 3.63) is 66.4 Å². The molecule has 2 aromatic carbocycles. The number of aliphatic carboxylic acids is 1. The van der Waals surface area contributed by atoms with Crippen LogP contribution in [0, 0.1) is 0 Å². The number of hydrogen-bond acceptors (Lipinski definition) is 3. The second-order valence-electron chi connectivity index (χ2n) is 5.18. The van der Waals surface area contributed by atoms with Crippen LogP contribution >= 0.6 is 0 Å². The molecule has 0 amide bonds. The molecule has 1 heterocycles. The SMILES string of the molecule is N[C@H](Cc1ccccc1-c1cccc2ncccc12)C(=O)O. The van der Waals surface area contributed by atoms with Crippen LogP contribution in [0.1, 0.15) is 5.56 Å². The third-order valence-corrected chi connectivity index (χ3v) is 3.71. The van der Waals surface area contributed by atoms with Crippen LogP contribution in [0.4, 0.5) is 0 Å². The number of carboxylic acids is 1. The van der Waals surface area contributed by atoms with E-state index in [0.29, 0.717) is 6.42 Å². The molecule has 110 valence electrons. The second kappa shape index (κ2) is 5.95. The lowest BCUT2D eigenvalue weighted by Crippen LogP contribution is -2.32. The number of hydrogen-bond donors (Lipinski definition) is 2. The Labute approximate surface area is 128 Å². The first kappa shape index (κ1) is 14.2. The molecule has 0 spiro atoms. The molecule has 3 N–H and O–H groups in total. The van der Waals surface area contributed by atoms with Gasteiger partial charge in [0.15, 0.2) is 0 Å². The molecule has 0 saturated carbocycles. The fourth-order valence-electron chi connectivity index (χ4n) is 2.62. The van der Waals surface area contributed by atoms with E-state index in [4.69, 9.17) is 10.8 Å². The second-order valence-corrected chi connectivity index (χ2v) is 5.18. The zero-order valence-corrected chi connectivity index (χ0v) is 11.9. The summed E-state index contributed by atoms with van der Waals surface area (Å²) in [6.07, 6.45) is 2.06. The van der Waals surface area contributed by atoms with E-state index in [2.05, 4.69) is 4.98 Å². The van der Waals surface area contributed by atoms with E-state index in [-0.39, 0.29) is 0 Å². The van der Waals surface area contributed by atoms with Crippen LogP contribution in [0.2, 0.25) is 0 Å². The van der Waals surface area contributed by atoms with Gasteiger partial charge in [0.2, 0.25) is 0 Å². The highest BCUT2D eigenvalue weighted by Crippen LogP contribution is 2.30. The standard InChI is InChI=1S/C18H16N2O2/c19-16(18(21)22)11-12-5-1-2-6-13(12)14-7-3-9-17-15(14)8-4-10-20-17/h1-10,16H,11,19H2,(H,21,22)/t16-/m1/s1. The van der Waals surface area contributed by atoms with Gasteiger partial charge in [0.1, 0.15) is 6.04 Å². The van der Waals surface area contributed by atoms with Crippen LogP contribution in [-0.4, -0.2) is 22.1 Å². The summed E-state index contributed by atoms with van der Waals surface area (Å²) in [5, 5.41) is 10.1. The van der Waals surface area contributed by atoms with Gasteiger partial charge in [0, 0.05) is 11.6 Å². The highest BCUT2D eigenvalue weighted by molar-refractivity contribution is 5.95. The summed E-state index contributed by atoms with van der Waals surface area (Å²) in [6.45, 7) is 0. The molecule has 0 fully saturated rings. The summed E-state index contributed by atoms with van der Waals surface area (Å²) in [5.74, 6) is -0.991. The van der Waals surface area contributed by atoms with E-state index in [1.165, 1.54) is 0 Å². The Kier molecular flexibility index (Phi) is 3.85. The van der Waals surface area contributed by atoms with Crippen molar-refractivity contribution in [1.82, 2.24) is 4.98 Å². The molecule has 1 atom stereocenters. The van der Waals surface area contributed by atoms with Gasteiger partial charge < -0.3 is 10.8 Å². The van der Waals surface area contributed by atoms with E-state index in [1.54, 1.807) is 6.20 Å². The summed E-state index contributed by atoms with van der Waals surface area (Å²) in [4.78, 5) is 15.4. The first-order chi connectivity index (χ1) is 10.7. The first-order valence-electron chi connectivity index (χ1n) is 7.07. The molecule has 0 aliphatic carbocycles. The Morgan fingerprint density at radius 1 is 1.05 bits per heavy atom. The lowest BCUT2D eigenvalue weighted by molar-refractivity contribution is -0.138. The summed E-state index contributed by atoms with van der Waals surface area (Å²) < 4.78 is 0. The molecule has 1 aromatic heterocycles. The highest BCUT2D eigenvalue weighted by atomic mass is 16.4. The average Bonchev–Trinajstić information content (AvgIpc) is 2.55. The molecule has 0 aliphatic heterocycles. The lowest BCUT2D eigenvalue weighted by Gasteiger charge is -2.13. The predicted molar refractivity (Wildman–Crippen MR) is 86.5 cm³/mol. The van der Waals surface area contributed by atoms with E-state index in [1.807, 2.05) is 54.6 Å². The van der Waals surface area contributed by atoms with Gasteiger partial charge in [0.25, 0.3) is 0 Å². The number of nitrogens with zero attached hydrogens (tertiary/aromatic N) is 1. The minimum absolute atomic E-state index is 0.294. The van der Waals surface area contributed by atoms with Crippen molar-refractivity contribution >= 4 is 16.9 Å². The van der Waals surface area contributed by atoms with Gasteiger partial charge in [-0.25, -0.2) is 0 Å². The molecule has 0 aliphatic rings. The Morgan fingerprint density at radius 2 is 1.82 bits per heavy atom. The minimum Gasteiger partial charge on any atom is -0.480 e. The van der Waals surface area contributed by atoms with Gasteiger partial charge in [0.05, 0.1) is 5.52 Å². The largest absolute Gasteiger partial charge is 0.480 e. The zero-order valence-electron chi connectivity index (χ0n) is 11.9. The van der Waals surface area contributed by atoms with Crippen LogP contribution in [0.5, 0.6) is 0 Å². The van der Waals surface area contributed by atoms with E-state index < -0.39 is 12.0 Å². The van der Waals surface area contributed by atoms with E-state index in [0.717, 1.165) is 27.6 Å². The summed E-state index contributed by atoms with van der Waals surface area (Å²) in [7, 11) is 0. The quantitative estimate of drug-likeness (QED) is 0.775. The maximum atomic E-state index is 11.0. The van der Waals surface area contributed by atoms with E-state index in [9.17, 15) is 4.79 Å². The predicted octanol–water partition coefficient (Wildman–Crippen LogP) is 2.86. The maximum absolute atomic E-state index is 11.0. The van der Waals surface area contributed by atoms with Crippen molar-refractivity contribution in [2.24, 2.45) is 5.73 Å². The number of aromatic nitrogens is 1. The molecule has 3 aromatic rings. The lowest BCUT2D eigenvalue weighted by atomic mass is 9.93. The molecule has 3 rings (SSSR count). The van der Waals surface area contributed by atoms with Crippen molar-refractivity contribution < 1.29 is 9.90 Å². The molecule has 0 bridgehead atoms. The van der Waals surface area contributed by atoms with Crippen LogP contribution in [0.15, 0.2) is 60.8 Å². The molecule has 4 nitrogen and oxygen atoms in total. The van der Waals surface area contributed by atoms with Gasteiger partial charge >= 0.3 is 5.97 Å². The first-order valence-corrected chi connectivity index (χ1v) is 7.07. The molecule has 4 heteroatoms. The van der Waals surface area contributed by atoms with Crippen molar-refractivity contribution in [2.45, 2.75) is 12.5 Å². The molecule has 0 saturated heterocycles. The van der Waals surface area contributed by atoms with Crippen LogP contribution in [0.3, 0.4) is 0 Å². The molecule has 22 heavy (non-hydrogen) atoms. The van der Waals surface area contributed by atoms with Gasteiger partial charge in [-0.2, -0.15) is 0 Å². The van der Waals surface area contributed by atoms with Crippen LogP contribution < -0.4 is 5.73 Å². The smallest absolute Gasteiger partial charge is 0.320 e. The third-order valence-electron chi connectivity index (χ3n) is 3.71. The van der Waals surface area contributed by atoms with Crippen molar-refractivity contribution in [3.8, 4) is 11.1 Å². The van der Waals surface area contributed by atoms with Gasteiger partial charge in [-0.15, -0.1) is 0 Å². The molecular formula is C18H16N2O2. The Bertz CT molecular complexity index is 825. The molecule has 0 radical (unpaired) electrons. The number of rotatable bonds is 4. The van der Waals surface area contributed by atoms with Gasteiger partial charge in [-0.05, 0) is 35.2 Å². The maximum Gasteiger partial charge on any atom is 0.320 e. The number of nitrogens with two attached hydrogens (primary N) is 1. The number of pyridine rings is 1. The number of benzene rings is 2. The molecule has 0 unspecified atom stereocenters. The number of carboxylic acid groups (broad SMARTS) is 1. The summed E-state index contributed by atoms with van der Waals surface area (Å²) in [5.41, 5.74) is 9.57. The number of fused-ring (bicyclic) bond motifs is 1. The van der Waals surface area contributed by atoms with Gasteiger partial charge in [-0.1, -0.05) is 42.5 Å². The van der Waals surface area contributed by atoms with Crippen molar-refractivity contribution in [3.63, 3.8) is 0 Å². The average molecular weight is 292 g/mol. The van der Waals surface area contributed by atoms with Crippen LogP contribution in [0.25, 0.3) is 22.0 Å². The fraction of sp³-hybridized carbons (Fsp3) is 0.111. The van der Waals surface area contributed by atoms with Gasteiger partial charge in [-0.3, -0.25) is 9.78 Å². The Balaban J connectivity index is 2.13. The number of carbonyl (C=O) groups is 1. The topological polar surface area (TPSA) is 76.2 Å². The highest BCUT2D eigenvalue weighted by Gasteiger charge is 2.15. The monoisotopic (exact) mass is 292 g/mol. The summed E-state index contributed by atoms with van der Waals surface area (Å²) in [6, 6.07) is 16.7. The summed E-state index contributed by atoms with van der Waals surface area (Å²) >= 11 is 0. The Hall–Kier alpha value is -2.72. The van der Waals surface area contributed by atoms with Crippen molar-refractivity contribution in [1.29, 1.82) is 0 Å².